The van der Waals surface area contributed by atoms with Gasteiger partial charge in [-0.3, -0.25) is 4.79 Å². The number of thiophene rings is 1. The maximum atomic E-state index is 12.2. The van der Waals surface area contributed by atoms with Crippen LogP contribution in [0.1, 0.15) is 50.7 Å². The van der Waals surface area contributed by atoms with E-state index in [0.29, 0.717) is 4.88 Å². The van der Waals surface area contributed by atoms with Crippen LogP contribution in [0.25, 0.3) is 0 Å². The number of ether oxygens (including phenoxy) is 2. The van der Waals surface area contributed by atoms with Gasteiger partial charge < -0.3 is 9.47 Å². The smallest absolute Gasteiger partial charge is 0.353 e. The Labute approximate surface area is 137 Å². The first-order valence-electron chi connectivity index (χ1n) is 7.17. The topological polar surface area (TPSA) is 69.7 Å². The lowest BCUT2D eigenvalue weighted by molar-refractivity contribution is 0.0520. The van der Waals surface area contributed by atoms with Gasteiger partial charge in [0.25, 0.3) is 0 Å². The molecule has 0 saturated heterocycles. The first kappa shape index (κ1) is 16.9. The van der Waals surface area contributed by atoms with E-state index < -0.39 is 11.9 Å². The molecule has 1 aromatic heterocycles. The summed E-state index contributed by atoms with van der Waals surface area (Å²) < 4.78 is 10.3. The Morgan fingerprint density at radius 2 is 1.74 bits per heavy atom. The van der Waals surface area contributed by atoms with Gasteiger partial charge >= 0.3 is 11.9 Å². The monoisotopic (exact) mass is 332 g/mol. The zero-order valence-corrected chi connectivity index (χ0v) is 13.6. The van der Waals surface area contributed by atoms with Crippen LogP contribution in [0.15, 0.2) is 35.7 Å². The zero-order valence-electron chi connectivity index (χ0n) is 12.8. The fourth-order valence-corrected chi connectivity index (χ4v) is 2.56. The molecule has 0 bridgehead atoms. The van der Waals surface area contributed by atoms with Gasteiger partial charge in [-0.1, -0.05) is 19.1 Å². The summed E-state index contributed by atoms with van der Waals surface area (Å²) in [5.74, 6) is -1.50. The van der Waals surface area contributed by atoms with Crippen LogP contribution in [0.4, 0.5) is 0 Å². The van der Waals surface area contributed by atoms with Crippen LogP contribution >= 0.6 is 11.3 Å². The van der Waals surface area contributed by atoms with Gasteiger partial charge in [-0.15, -0.1) is 11.3 Å². The predicted octanol–water partition coefficient (Wildman–Crippen LogP) is 3.74. The van der Waals surface area contributed by atoms with Crippen LogP contribution in [0, 0.1) is 0 Å². The van der Waals surface area contributed by atoms with E-state index in [1.165, 1.54) is 23.5 Å². The molecule has 0 unspecified atom stereocenters. The number of Topliss-reactive ketones (excluding diaryl/α,β-unsaturated/α-hetero) is 1. The SMILES string of the molecule is CCOC(=O)c1cccc(C(=O)CC)c1OC(=O)c1cccs1. The molecule has 0 aliphatic carbocycles. The first-order valence-corrected chi connectivity index (χ1v) is 8.05. The molecule has 0 aliphatic heterocycles. The molecular weight excluding hydrogens is 316 g/mol. The number of hydrogen-bond acceptors (Lipinski definition) is 6. The maximum absolute atomic E-state index is 12.2. The van der Waals surface area contributed by atoms with Gasteiger partial charge in [0.05, 0.1) is 12.2 Å². The van der Waals surface area contributed by atoms with E-state index in [1.807, 2.05) is 0 Å². The summed E-state index contributed by atoms with van der Waals surface area (Å²) in [6.45, 7) is 3.56. The fourth-order valence-electron chi connectivity index (χ4n) is 1.96. The number of benzene rings is 1. The minimum atomic E-state index is -0.632. The third-order valence-corrected chi connectivity index (χ3v) is 3.90. The molecule has 120 valence electrons. The number of carbonyl (C=O) groups excluding carboxylic acids is 3. The van der Waals surface area contributed by atoms with E-state index in [9.17, 15) is 14.4 Å². The number of para-hydroxylation sites is 1. The highest BCUT2D eigenvalue weighted by Crippen LogP contribution is 2.28. The van der Waals surface area contributed by atoms with Crippen molar-refractivity contribution in [1.29, 1.82) is 0 Å². The van der Waals surface area contributed by atoms with Crippen molar-refractivity contribution in [2.75, 3.05) is 6.61 Å². The van der Waals surface area contributed by atoms with Gasteiger partial charge in [-0.05, 0) is 30.5 Å². The van der Waals surface area contributed by atoms with Crippen molar-refractivity contribution < 1.29 is 23.9 Å². The molecule has 0 radical (unpaired) electrons. The van der Waals surface area contributed by atoms with Crippen LogP contribution in [0.5, 0.6) is 5.75 Å². The lowest BCUT2D eigenvalue weighted by Gasteiger charge is -2.12. The average Bonchev–Trinajstić information content (AvgIpc) is 3.09. The average molecular weight is 332 g/mol. The van der Waals surface area contributed by atoms with Gasteiger partial charge in [0, 0.05) is 6.42 Å². The van der Waals surface area contributed by atoms with Crippen LogP contribution in [-0.4, -0.2) is 24.3 Å². The summed E-state index contributed by atoms with van der Waals surface area (Å²) >= 11 is 1.22. The van der Waals surface area contributed by atoms with Gasteiger partial charge in [0.2, 0.25) is 0 Å². The second-order valence-electron chi connectivity index (χ2n) is 4.55. The Balaban J connectivity index is 2.45. The molecule has 0 saturated carbocycles. The molecule has 0 aliphatic rings. The van der Waals surface area contributed by atoms with Crippen LogP contribution in [-0.2, 0) is 4.74 Å². The zero-order chi connectivity index (χ0) is 16.8. The van der Waals surface area contributed by atoms with Gasteiger partial charge in [0.1, 0.15) is 10.4 Å². The van der Waals surface area contributed by atoms with Crippen molar-refractivity contribution in [3.05, 3.63) is 51.7 Å². The van der Waals surface area contributed by atoms with Gasteiger partial charge in [-0.25, -0.2) is 9.59 Å². The van der Waals surface area contributed by atoms with E-state index in [0.717, 1.165) is 0 Å². The normalized spacial score (nSPS) is 10.2. The summed E-state index contributed by atoms with van der Waals surface area (Å²) in [6.07, 6.45) is 0.232. The highest BCUT2D eigenvalue weighted by Gasteiger charge is 2.23. The Kier molecular flexibility index (Phi) is 5.65. The van der Waals surface area contributed by atoms with Crippen LogP contribution in [0.2, 0.25) is 0 Å². The van der Waals surface area contributed by atoms with Crippen molar-refractivity contribution in [2.45, 2.75) is 20.3 Å². The van der Waals surface area contributed by atoms with E-state index in [1.54, 1.807) is 37.4 Å². The minimum absolute atomic E-state index is 0.0452. The summed E-state index contributed by atoms with van der Waals surface area (Å²) in [7, 11) is 0. The summed E-state index contributed by atoms with van der Waals surface area (Å²) in [5, 5.41) is 1.74. The van der Waals surface area contributed by atoms with Crippen molar-refractivity contribution >= 4 is 29.1 Å². The Hall–Kier alpha value is -2.47. The predicted molar refractivity (Wildman–Crippen MR) is 86.3 cm³/mol. The van der Waals surface area contributed by atoms with Gasteiger partial charge in [0.15, 0.2) is 11.5 Å². The lowest BCUT2D eigenvalue weighted by Crippen LogP contribution is -2.15. The highest BCUT2D eigenvalue weighted by atomic mass is 32.1. The Morgan fingerprint density at radius 1 is 1.00 bits per heavy atom. The maximum Gasteiger partial charge on any atom is 0.353 e. The number of hydrogen-bond donors (Lipinski definition) is 0. The molecular formula is C17H16O5S. The van der Waals surface area contributed by atoms with E-state index in [4.69, 9.17) is 9.47 Å². The first-order chi connectivity index (χ1) is 11.1. The molecule has 2 aromatic rings. The molecule has 0 atom stereocenters. The number of rotatable bonds is 6. The molecule has 2 rings (SSSR count). The number of carbonyl (C=O) groups is 3. The van der Waals surface area contributed by atoms with Crippen molar-refractivity contribution in [1.82, 2.24) is 0 Å². The quantitative estimate of drug-likeness (QED) is 0.458. The minimum Gasteiger partial charge on any atom is -0.462 e. The largest absolute Gasteiger partial charge is 0.462 e. The van der Waals surface area contributed by atoms with Crippen molar-refractivity contribution in [3.63, 3.8) is 0 Å². The third-order valence-electron chi connectivity index (χ3n) is 3.05. The molecule has 0 amide bonds. The molecule has 5 nitrogen and oxygen atoms in total. The van der Waals surface area contributed by atoms with Gasteiger partial charge in [-0.2, -0.15) is 0 Å². The van der Waals surface area contributed by atoms with Crippen molar-refractivity contribution in [3.8, 4) is 5.75 Å². The fraction of sp³-hybridized carbons (Fsp3) is 0.235. The van der Waals surface area contributed by atoms with E-state index in [-0.39, 0.29) is 35.7 Å². The number of ketones is 1. The van der Waals surface area contributed by atoms with E-state index in [2.05, 4.69) is 0 Å². The number of esters is 2. The Bertz CT molecular complexity index is 719. The van der Waals surface area contributed by atoms with Crippen LogP contribution in [0.3, 0.4) is 0 Å². The molecule has 6 heteroatoms. The van der Waals surface area contributed by atoms with Crippen molar-refractivity contribution in [2.24, 2.45) is 0 Å². The molecule has 1 aromatic carbocycles. The summed E-state index contributed by atoms with van der Waals surface area (Å²) in [5.41, 5.74) is 0.263. The lowest BCUT2D eigenvalue weighted by atomic mass is 10.0. The second-order valence-corrected chi connectivity index (χ2v) is 5.49. The molecule has 0 spiro atoms. The molecule has 0 fully saturated rings. The standard InChI is InChI=1S/C17H16O5S/c1-3-13(18)11-7-5-8-12(16(19)21-4-2)15(11)22-17(20)14-9-6-10-23-14/h5-10H,3-4H2,1-2H3. The molecule has 23 heavy (non-hydrogen) atoms. The van der Waals surface area contributed by atoms with Crippen LogP contribution < -0.4 is 4.74 Å². The Morgan fingerprint density at radius 3 is 2.35 bits per heavy atom. The third kappa shape index (κ3) is 3.84. The molecule has 1 heterocycles. The summed E-state index contributed by atoms with van der Waals surface area (Å²) in [6, 6.07) is 7.91. The molecule has 0 N–H and O–H groups in total. The second kappa shape index (κ2) is 7.69. The van der Waals surface area contributed by atoms with E-state index >= 15 is 0 Å². The summed E-state index contributed by atoms with van der Waals surface area (Å²) in [4.78, 5) is 36.8. The highest BCUT2D eigenvalue weighted by molar-refractivity contribution is 7.12.